The number of nitrogens with zero attached hydrogens (tertiary/aromatic N) is 6. The maximum Gasteiger partial charge on any atom is 0.281 e. The van der Waals surface area contributed by atoms with Crippen LogP contribution >= 0.6 is 0 Å². The molecule has 0 aliphatic carbocycles. The summed E-state index contributed by atoms with van der Waals surface area (Å²) >= 11 is 0. The zero-order valence-corrected chi connectivity index (χ0v) is 22.7. The third-order valence-corrected chi connectivity index (χ3v) is 6.62. The van der Waals surface area contributed by atoms with E-state index in [1.54, 1.807) is 66.7 Å². The van der Waals surface area contributed by atoms with Crippen LogP contribution in [0.1, 0.15) is 40.3 Å². The van der Waals surface area contributed by atoms with E-state index in [0.717, 1.165) is 5.56 Å². The van der Waals surface area contributed by atoms with Gasteiger partial charge in [-0.05, 0) is 43.3 Å². The first-order chi connectivity index (χ1) is 20.4. The quantitative estimate of drug-likeness (QED) is 0.274. The third kappa shape index (κ3) is 5.00. The number of rotatable bonds is 5. The molecule has 0 aliphatic rings. The van der Waals surface area contributed by atoms with Gasteiger partial charge in [0.15, 0.2) is 5.82 Å². The van der Waals surface area contributed by atoms with Crippen LogP contribution in [0.5, 0.6) is 0 Å². The number of aromatic nitrogens is 6. The second kappa shape index (κ2) is 10.9. The minimum absolute atomic E-state index is 0.0500. The number of hydrogen-bond donors (Lipinski definition) is 3. The van der Waals surface area contributed by atoms with Crippen molar-refractivity contribution >= 4 is 39.2 Å². The van der Waals surface area contributed by atoms with Gasteiger partial charge in [-0.3, -0.25) is 24.7 Å². The molecule has 11 nitrogen and oxygen atoms in total. The Balaban J connectivity index is 1.45. The molecule has 2 aromatic carbocycles. The van der Waals surface area contributed by atoms with Gasteiger partial charge in [-0.2, -0.15) is 5.10 Å². The summed E-state index contributed by atoms with van der Waals surface area (Å²) in [6.07, 6.45) is 6.60. The van der Waals surface area contributed by atoms with Crippen molar-refractivity contribution in [3.8, 4) is 11.8 Å². The molecule has 1 unspecified atom stereocenters. The minimum atomic E-state index is -0.727. The van der Waals surface area contributed by atoms with Gasteiger partial charge in [-0.15, -0.1) is 0 Å². The predicted octanol–water partition coefficient (Wildman–Crippen LogP) is 3.42. The van der Waals surface area contributed by atoms with E-state index in [4.69, 9.17) is 10.7 Å². The fourth-order valence-corrected chi connectivity index (χ4v) is 4.63. The van der Waals surface area contributed by atoms with Crippen LogP contribution in [-0.4, -0.2) is 35.3 Å². The molecule has 4 heterocycles. The van der Waals surface area contributed by atoms with Crippen molar-refractivity contribution in [3.63, 3.8) is 0 Å². The lowest BCUT2D eigenvalue weighted by molar-refractivity contribution is 0.0940. The van der Waals surface area contributed by atoms with Crippen molar-refractivity contribution in [2.75, 3.05) is 11.2 Å². The number of hydrogen-bond acceptors (Lipinski definition) is 8. The number of para-hydroxylation sites is 1. The molecule has 206 valence electrons. The lowest BCUT2D eigenvalue weighted by atomic mass is 10.1. The average molecular weight is 556 g/mol. The molecule has 1 atom stereocenters. The van der Waals surface area contributed by atoms with Crippen molar-refractivity contribution < 1.29 is 4.79 Å². The molecule has 6 aromatic rings. The Labute approximate surface area is 240 Å². The molecule has 1 amide bonds. The van der Waals surface area contributed by atoms with Gasteiger partial charge in [0, 0.05) is 36.6 Å². The molecule has 0 aliphatic heterocycles. The monoisotopic (exact) mass is 555 g/mol. The van der Waals surface area contributed by atoms with Crippen LogP contribution in [0.2, 0.25) is 0 Å². The number of anilines is 2. The van der Waals surface area contributed by atoms with Crippen LogP contribution in [0.15, 0.2) is 90.2 Å². The Morgan fingerprint density at radius 1 is 1.00 bits per heavy atom. The lowest BCUT2D eigenvalue weighted by Gasteiger charge is -2.21. The van der Waals surface area contributed by atoms with Crippen molar-refractivity contribution in [3.05, 3.63) is 118 Å². The van der Waals surface area contributed by atoms with Gasteiger partial charge in [-0.1, -0.05) is 36.1 Å². The van der Waals surface area contributed by atoms with Gasteiger partial charge in [-0.25, -0.2) is 14.6 Å². The fourth-order valence-electron chi connectivity index (χ4n) is 4.63. The second-order valence-electron chi connectivity index (χ2n) is 9.60. The highest BCUT2D eigenvalue weighted by Gasteiger charge is 2.23. The number of carbonyl (C=O) groups is 1. The Hall–Kier alpha value is -6.02. The highest BCUT2D eigenvalue weighted by molar-refractivity contribution is 6.09. The van der Waals surface area contributed by atoms with Crippen LogP contribution in [0.4, 0.5) is 11.5 Å². The predicted molar refractivity (Wildman–Crippen MR) is 160 cm³/mol. The molecule has 11 heteroatoms. The number of benzene rings is 2. The number of aryl methyl sites for hydroxylation is 1. The zero-order chi connectivity index (χ0) is 29.2. The summed E-state index contributed by atoms with van der Waals surface area (Å²) in [5, 5.41) is 8.09. The molecule has 6 rings (SSSR count). The number of fused-ring (bicyclic) bond motifs is 2. The standard InChI is InChI=1S/C31H25N9O2/c1-19(36-30(41)26-27-22(9-7-15-33-27)17-34-28(26)32)29-37-24-12-6-8-21(14-13-20-16-35-39(2)18-20)25(24)31(42)40(29)38-23-10-4-3-5-11-23/h3-12,15-19,38H,1-2H3,(H2,32,34)(H,36,41). The largest absolute Gasteiger partial charge is 0.383 e. The average Bonchev–Trinajstić information content (AvgIpc) is 3.42. The fraction of sp³-hybridized carbons (Fsp3) is 0.0968. The highest BCUT2D eigenvalue weighted by Crippen LogP contribution is 2.22. The summed E-state index contributed by atoms with van der Waals surface area (Å²) in [7, 11) is 1.81. The number of nitrogens with two attached hydrogens (primary N) is 1. The first-order valence-corrected chi connectivity index (χ1v) is 13.1. The molecule has 0 bridgehead atoms. The maximum absolute atomic E-state index is 14.1. The first kappa shape index (κ1) is 26.2. The van der Waals surface area contributed by atoms with Gasteiger partial charge in [0.1, 0.15) is 11.4 Å². The second-order valence-corrected chi connectivity index (χ2v) is 9.60. The molecular weight excluding hydrogens is 530 g/mol. The zero-order valence-electron chi connectivity index (χ0n) is 22.7. The molecule has 0 saturated carbocycles. The van der Waals surface area contributed by atoms with Crippen LogP contribution in [0.25, 0.3) is 21.8 Å². The summed E-state index contributed by atoms with van der Waals surface area (Å²) in [5.41, 5.74) is 11.8. The van der Waals surface area contributed by atoms with Crippen molar-refractivity contribution in [1.29, 1.82) is 0 Å². The molecule has 4 N–H and O–H groups in total. The molecular formula is C31H25N9O2. The number of nitrogens with one attached hydrogen (secondary N) is 2. The summed E-state index contributed by atoms with van der Waals surface area (Å²) < 4.78 is 2.99. The van der Waals surface area contributed by atoms with Gasteiger partial charge < -0.3 is 11.1 Å². The SMILES string of the molecule is CC(NC(=O)c1c(N)ncc2cccnc12)c1nc2cccc(C#Cc3cnn(C)c3)c2c(=O)n1Nc1ccccc1. The molecule has 0 saturated heterocycles. The molecule has 0 radical (unpaired) electrons. The normalized spacial score (nSPS) is 11.6. The van der Waals surface area contributed by atoms with Crippen molar-refractivity contribution in [1.82, 2.24) is 34.7 Å². The smallest absolute Gasteiger partial charge is 0.281 e. The lowest BCUT2D eigenvalue weighted by Crippen LogP contribution is -2.37. The van der Waals surface area contributed by atoms with Crippen molar-refractivity contribution in [2.45, 2.75) is 13.0 Å². The van der Waals surface area contributed by atoms with Gasteiger partial charge in [0.25, 0.3) is 11.5 Å². The van der Waals surface area contributed by atoms with E-state index in [2.05, 4.69) is 37.7 Å². The summed E-state index contributed by atoms with van der Waals surface area (Å²) in [4.78, 5) is 41.0. The van der Waals surface area contributed by atoms with Gasteiger partial charge in [0.05, 0.1) is 39.9 Å². The number of carbonyl (C=O) groups excluding carboxylic acids is 1. The number of pyridine rings is 2. The van der Waals surface area contributed by atoms with E-state index in [0.29, 0.717) is 33.1 Å². The van der Waals surface area contributed by atoms with Gasteiger partial charge >= 0.3 is 0 Å². The van der Waals surface area contributed by atoms with Crippen LogP contribution < -0.4 is 22.0 Å². The molecule has 42 heavy (non-hydrogen) atoms. The van der Waals surface area contributed by atoms with E-state index in [1.165, 1.54) is 4.68 Å². The van der Waals surface area contributed by atoms with E-state index in [1.807, 2.05) is 37.4 Å². The van der Waals surface area contributed by atoms with E-state index in [-0.39, 0.29) is 22.8 Å². The first-order valence-electron chi connectivity index (χ1n) is 13.1. The van der Waals surface area contributed by atoms with Crippen molar-refractivity contribution in [2.24, 2.45) is 7.05 Å². The number of nitrogen functional groups attached to an aromatic ring is 1. The van der Waals surface area contributed by atoms with Crippen LogP contribution in [0.3, 0.4) is 0 Å². The summed E-state index contributed by atoms with van der Waals surface area (Å²) in [6, 6.07) is 17.4. The Kier molecular flexibility index (Phi) is 6.78. The third-order valence-electron chi connectivity index (χ3n) is 6.62. The maximum atomic E-state index is 14.1. The summed E-state index contributed by atoms with van der Waals surface area (Å²) in [5.74, 6) is 5.99. The Morgan fingerprint density at radius 3 is 2.62 bits per heavy atom. The van der Waals surface area contributed by atoms with E-state index >= 15 is 0 Å². The van der Waals surface area contributed by atoms with E-state index in [9.17, 15) is 9.59 Å². The minimum Gasteiger partial charge on any atom is -0.383 e. The molecule has 0 spiro atoms. The topological polar surface area (TPSA) is 146 Å². The Bertz CT molecular complexity index is 2090. The Morgan fingerprint density at radius 2 is 1.83 bits per heavy atom. The van der Waals surface area contributed by atoms with Crippen LogP contribution in [0, 0.1) is 11.8 Å². The summed E-state index contributed by atoms with van der Waals surface area (Å²) in [6.45, 7) is 1.74. The molecule has 4 aromatic heterocycles. The van der Waals surface area contributed by atoms with E-state index < -0.39 is 11.9 Å². The van der Waals surface area contributed by atoms with Crippen LogP contribution in [-0.2, 0) is 7.05 Å². The number of amides is 1. The van der Waals surface area contributed by atoms with Gasteiger partial charge in [0.2, 0.25) is 0 Å². The highest BCUT2D eigenvalue weighted by atomic mass is 16.2. The molecule has 0 fully saturated rings.